The van der Waals surface area contributed by atoms with Crippen LogP contribution in [0.25, 0.3) is 0 Å². The van der Waals surface area contributed by atoms with Crippen molar-refractivity contribution >= 4 is 29.0 Å². The van der Waals surface area contributed by atoms with Crippen molar-refractivity contribution < 1.29 is 9.18 Å². The Morgan fingerprint density at radius 1 is 1.32 bits per heavy atom. The van der Waals surface area contributed by atoms with Crippen molar-refractivity contribution in [1.29, 1.82) is 0 Å². The Bertz CT molecular complexity index is 896. The van der Waals surface area contributed by atoms with Crippen LogP contribution in [0.15, 0.2) is 35.5 Å². The molecule has 1 aliphatic rings. The zero-order valence-electron chi connectivity index (χ0n) is 16.1. The van der Waals surface area contributed by atoms with E-state index in [-0.39, 0.29) is 17.2 Å². The largest absolute Gasteiger partial charge is 0.328 e. The molecule has 2 aromatic rings. The number of rotatable bonds is 8. The number of fused-ring (bicyclic) bond motifs is 1. The Labute approximate surface area is 169 Å². The van der Waals surface area contributed by atoms with Crippen LogP contribution in [0.2, 0.25) is 5.02 Å². The number of Topliss-reactive ketones (excluding diaryl/α,β-unsaturated/α-hetero) is 1. The summed E-state index contributed by atoms with van der Waals surface area (Å²) in [6.07, 6.45) is 2.34. The molecule has 1 N–H and O–H groups in total. The fraction of sp³-hybridized carbons (Fsp3) is 0.381. The molecule has 0 radical (unpaired) electrons. The summed E-state index contributed by atoms with van der Waals surface area (Å²) in [5.41, 5.74) is 2.16. The first-order chi connectivity index (χ1) is 13.5. The maximum absolute atomic E-state index is 13.3. The number of carbonyl (C=O) groups excluding carboxylic acids is 1. The number of benzene rings is 1. The van der Waals surface area contributed by atoms with Crippen molar-refractivity contribution in [1.82, 2.24) is 9.88 Å². The smallest absolute Gasteiger partial charge is 0.167 e. The SMILES string of the molecule is CCN(CC)CCN=C1Cc2c(C(=O)Cc3ccc(F)c(Cl)c3)ccnc2N1. The van der Waals surface area contributed by atoms with Gasteiger partial charge < -0.3 is 10.2 Å². The number of nitrogens with zero attached hydrogens (tertiary/aromatic N) is 3. The van der Waals surface area contributed by atoms with E-state index in [0.29, 0.717) is 29.9 Å². The number of hydrogen-bond acceptors (Lipinski definition) is 4. The van der Waals surface area contributed by atoms with Gasteiger partial charge in [-0.1, -0.05) is 31.5 Å². The Morgan fingerprint density at radius 2 is 2.11 bits per heavy atom. The molecular weight excluding hydrogens is 379 g/mol. The van der Waals surface area contributed by atoms with E-state index in [1.807, 2.05) is 0 Å². The van der Waals surface area contributed by atoms with Gasteiger partial charge in [0.2, 0.25) is 0 Å². The molecule has 0 spiro atoms. The van der Waals surface area contributed by atoms with E-state index in [9.17, 15) is 9.18 Å². The van der Waals surface area contributed by atoms with Crippen molar-refractivity contribution in [2.24, 2.45) is 4.99 Å². The van der Waals surface area contributed by atoms with Gasteiger partial charge in [-0.2, -0.15) is 0 Å². The first-order valence-corrected chi connectivity index (χ1v) is 9.87. The summed E-state index contributed by atoms with van der Waals surface area (Å²) < 4.78 is 13.3. The summed E-state index contributed by atoms with van der Waals surface area (Å²) in [6, 6.07) is 6.09. The molecule has 1 aromatic heterocycles. The molecule has 7 heteroatoms. The first kappa shape index (κ1) is 20.4. The lowest BCUT2D eigenvalue weighted by molar-refractivity contribution is 0.0992. The van der Waals surface area contributed by atoms with Gasteiger partial charge in [0.05, 0.1) is 11.6 Å². The molecule has 5 nitrogen and oxygen atoms in total. The zero-order chi connectivity index (χ0) is 20.1. The van der Waals surface area contributed by atoms with Crippen molar-refractivity contribution in [2.75, 3.05) is 31.5 Å². The van der Waals surface area contributed by atoms with E-state index in [1.54, 1.807) is 18.3 Å². The van der Waals surface area contributed by atoms with Crippen LogP contribution in [0.5, 0.6) is 0 Å². The van der Waals surface area contributed by atoms with Crippen LogP contribution >= 0.6 is 11.6 Å². The number of amidine groups is 1. The van der Waals surface area contributed by atoms with Gasteiger partial charge in [0.1, 0.15) is 17.5 Å². The third kappa shape index (κ3) is 4.75. The second-order valence-corrected chi connectivity index (χ2v) is 7.10. The molecule has 1 aromatic carbocycles. The Morgan fingerprint density at radius 3 is 2.82 bits per heavy atom. The van der Waals surface area contributed by atoms with Gasteiger partial charge in [-0.25, -0.2) is 9.37 Å². The standard InChI is InChI=1S/C21H24ClFN4O/c1-3-27(4-2)10-9-24-20-13-16-15(7-8-25-21(16)26-20)19(28)12-14-5-6-18(23)17(22)11-14/h5-8,11H,3-4,9-10,12-13H2,1-2H3,(H,24,25,26). The minimum Gasteiger partial charge on any atom is -0.328 e. The number of ketones is 1. The summed E-state index contributed by atoms with van der Waals surface area (Å²) >= 11 is 5.82. The molecule has 28 heavy (non-hydrogen) atoms. The van der Waals surface area contributed by atoms with Gasteiger partial charge in [-0.15, -0.1) is 0 Å². The Balaban J connectivity index is 1.70. The Hall–Kier alpha value is -2.31. The first-order valence-electron chi connectivity index (χ1n) is 9.49. The van der Waals surface area contributed by atoms with Crippen molar-refractivity contribution in [3.63, 3.8) is 0 Å². The number of anilines is 1. The van der Waals surface area contributed by atoms with E-state index < -0.39 is 5.82 Å². The number of likely N-dealkylation sites (N-methyl/N-ethyl adjacent to an activating group) is 1. The lowest BCUT2D eigenvalue weighted by Gasteiger charge is -2.16. The van der Waals surface area contributed by atoms with E-state index in [2.05, 4.69) is 34.0 Å². The van der Waals surface area contributed by atoms with Crippen molar-refractivity contribution in [3.8, 4) is 0 Å². The normalized spacial score (nSPS) is 14.4. The number of carbonyl (C=O) groups is 1. The van der Waals surface area contributed by atoms with E-state index in [4.69, 9.17) is 11.6 Å². The average Bonchev–Trinajstić information content (AvgIpc) is 3.11. The third-order valence-corrected chi connectivity index (χ3v) is 5.21. The quantitative estimate of drug-likeness (QED) is 0.678. The van der Waals surface area contributed by atoms with E-state index >= 15 is 0 Å². The van der Waals surface area contributed by atoms with Crippen LogP contribution in [0.3, 0.4) is 0 Å². The zero-order valence-corrected chi connectivity index (χ0v) is 16.9. The average molecular weight is 403 g/mol. The van der Waals surface area contributed by atoms with Gasteiger partial charge in [-0.05, 0) is 36.9 Å². The molecule has 1 aliphatic heterocycles. The number of nitrogens with one attached hydrogen (secondary N) is 1. The predicted molar refractivity (Wildman–Crippen MR) is 111 cm³/mol. The number of aliphatic imine (C=N–C) groups is 1. The maximum Gasteiger partial charge on any atom is 0.167 e. The van der Waals surface area contributed by atoms with Crippen LogP contribution in [0.4, 0.5) is 10.2 Å². The van der Waals surface area contributed by atoms with Gasteiger partial charge >= 0.3 is 0 Å². The fourth-order valence-electron chi connectivity index (χ4n) is 3.28. The fourth-order valence-corrected chi connectivity index (χ4v) is 3.48. The molecule has 0 atom stereocenters. The molecule has 0 amide bonds. The van der Waals surface area contributed by atoms with Gasteiger partial charge in [0, 0.05) is 36.7 Å². The number of hydrogen-bond donors (Lipinski definition) is 1. The molecule has 2 heterocycles. The molecule has 0 fully saturated rings. The molecule has 0 saturated heterocycles. The second kappa shape index (κ2) is 9.26. The lowest BCUT2D eigenvalue weighted by Crippen LogP contribution is -2.26. The molecule has 0 saturated carbocycles. The monoisotopic (exact) mass is 402 g/mol. The molecular formula is C21H24ClFN4O. The van der Waals surface area contributed by atoms with Crippen molar-refractivity contribution in [2.45, 2.75) is 26.7 Å². The van der Waals surface area contributed by atoms with Crippen LogP contribution in [-0.4, -0.2) is 47.7 Å². The predicted octanol–water partition coefficient (Wildman–Crippen LogP) is 4.01. The lowest BCUT2D eigenvalue weighted by atomic mass is 9.99. The highest BCUT2D eigenvalue weighted by Crippen LogP contribution is 2.26. The maximum atomic E-state index is 13.3. The molecule has 3 rings (SSSR count). The van der Waals surface area contributed by atoms with Crippen LogP contribution in [0.1, 0.15) is 35.3 Å². The topological polar surface area (TPSA) is 57.6 Å². The number of pyridine rings is 1. The van der Waals surface area contributed by atoms with Crippen LogP contribution in [0, 0.1) is 5.82 Å². The van der Waals surface area contributed by atoms with E-state index in [0.717, 1.165) is 31.0 Å². The number of aromatic nitrogens is 1. The second-order valence-electron chi connectivity index (χ2n) is 6.69. The highest BCUT2D eigenvalue weighted by molar-refractivity contribution is 6.30. The summed E-state index contributed by atoms with van der Waals surface area (Å²) in [6.45, 7) is 7.88. The minimum absolute atomic E-state index is 0.0227. The summed E-state index contributed by atoms with van der Waals surface area (Å²) in [7, 11) is 0. The van der Waals surface area contributed by atoms with Gasteiger partial charge in [0.25, 0.3) is 0 Å². The Kier molecular flexibility index (Phi) is 6.75. The summed E-state index contributed by atoms with van der Waals surface area (Å²) in [5, 5.41) is 3.24. The number of halogens is 2. The molecule has 0 aliphatic carbocycles. The summed E-state index contributed by atoms with van der Waals surface area (Å²) in [4.78, 5) is 24.1. The van der Waals surface area contributed by atoms with E-state index in [1.165, 1.54) is 12.1 Å². The van der Waals surface area contributed by atoms with Crippen LogP contribution in [-0.2, 0) is 12.8 Å². The summed E-state index contributed by atoms with van der Waals surface area (Å²) in [5.74, 6) is 0.981. The van der Waals surface area contributed by atoms with Gasteiger partial charge in [-0.3, -0.25) is 9.79 Å². The van der Waals surface area contributed by atoms with Crippen molar-refractivity contribution in [3.05, 3.63) is 58.0 Å². The highest BCUT2D eigenvalue weighted by atomic mass is 35.5. The highest BCUT2D eigenvalue weighted by Gasteiger charge is 2.24. The molecule has 0 unspecified atom stereocenters. The molecule has 0 bridgehead atoms. The third-order valence-electron chi connectivity index (χ3n) is 4.93. The van der Waals surface area contributed by atoms with Crippen LogP contribution < -0.4 is 5.32 Å². The minimum atomic E-state index is -0.488. The van der Waals surface area contributed by atoms with Gasteiger partial charge in [0.15, 0.2) is 5.78 Å². The molecule has 148 valence electrons.